The monoisotopic (exact) mass is 232 g/mol. The zero-order chi connectivity index (χ0) is 12.4. The molecule has 0 amide bonds. The van der Waals surface area contributed by atoms with Crippen molar-refractivity contribution in [2.24, 2.45) is 0 Å². The van der Waals surface area contributed by atoms with Crippen LogP contribution in [0.2, 0.25) is 0 Å². The maximum atomic E-state index is 13.1. The van der Waals surface area contributed by atoms with Gasteiger partial charge in [0.2, 0.25) is 5.82 Å². The highest BCUT2D eigenvalue weighted by Gasteiger charge is 2.07. The summed E-state index contributed by atoms with van der Waals surface area (Å²) in [5, 5.41) is 0. The summed E-state index contributed by atoms with van der Waals surface area (Å²) in [4.78, 5) is 17.7. The first-order valence-electron chi connectivity index (χ1n) is 5.37. The average molecular weight is 232 g/mol. The van der Waals surface area contributed by atoms with Gasteiger partial charge in [-0.1, -0.05) is 29.8 Å². The van der Waals surface area contributed by atoms with Crippen LogP contribution in [-0.4, -0.2) is 9.97 Å². The molecule has 88 valence electrons. The predicted octanol–water partition coefficient (Wildman–Crippen LogP) is 2.12. The third-order valence-corrected chi connectivity index (χ3v) is 2.57. The SMILES string of the molecule is Cc1ccc(Cc2nc(C)c(F)c(=O)[nH]2)cc1. The van der Waals surface area contributed by atoms with E-state index < -0.39 is 11.4 Å². The van der Waals surface area contributed by atoms with E-state index in [1.165, 1.54) is 12.5 Å². The van der Waals surface area contributed by atoms with Crippen LogP contribution >= 0.6 is 0 Å². The third-order valence-electron chi connectivity index (χ3n) is 2.57. The molecular weight excluding hydrogens is 219 g/mol. The summed E-state index contributed by atoms with van der Waals surface area (Å²) < 4.78 is 13.1. The summed E-state index contributed by atoms with van der Waals surface area (Å²) in [6.45, 7) is 3.50. The molecule has 3 nitrogen and oxygen atoms in total. The van der Waals surface area contributed by atoms with Gasteiger partial charge in [-0.3, -0.25) is 4.79 Å². The highest BCUT2D eigenvalue weighted by Crippen LogP contribution is 2.07. The Morgan fingerprint density at radius 1 is 1.24 bits per heavy atom. The Balaban J connectivity index is 2.30. The second-order valence-corrected chi connectivity index (χ2v) is 4.07. The zero-order valence-electron chi connectivity index (χ0n) is 9.75. The summed E-state index contributed by atoms with van der Waals surface area (Å²) in [6, 6.07) is 7.91. The number of benzene rings is 1. The van der Waals surface area contributed by atoms with Gasteiger partial charge >= 0.3 is 0 Å². The van der Waals surface area contributed by atoms with Gasteiger partial charge < -0.3 is 4.98 Å². The van der Waals surface area contributed by atoms with Crippen molar-refractivity contribution in [2.75, 3.05) is 0 Å². The third kappa shape index (κ3) is 2.58. The number of aromatic nitrogens is 2. The van der Waals surface area contributed by atoms with E-state index in [0.29, 0.717) is 12.2 Å². The number of aryl methyl sites for hydroxylation is 2. The smallest absolute Gasteiger partial charge is 0.287 e. The van der Waals surface area contributed by atoms with Crippen LogP contribution < -0.4 is 5.56 Å². The Morgan fingerprint density at radius 2 is 1.88 bits per heavy atom. The number of hydrogen-bond acceptors (Lipinski definition) is 2. The number of hydrogen-bond donors (Lipinski definition) is 1. The minimum absolute atomic E-state index is 0.135. The molecule has 1 heterocycles. The van der Waals surface area contributed by atoms with Gasteiger partial charge in [-0.25, -0.2) is 4.98 Å². The van der Waals surface area contributed by atoms with E-state index in [-0.39, 0.29) is 5.69 Å². The van der Waals surface area contributed by atoms with Crippen LogP contribution in [0.3, 0.4) is 0 Å². The fourth-order valence-electron chi connectivity index (χ4n) is 1.61. The zero-order valence-corrected chi connectivity index (χ0v) is 9.75. The summed E-state index contributed by atoms with van der Waals surface area (Å²) in [5.41, 5.74) is 1.63. The van der Waals surface area contributed by atoms with Gasteiger partial charge in [0.25, 0.3) is 5.56 Å². The maximum Gasteiger partial charge on any atom is 0.287 e. The molecule has 2 rings (SSSR count). The molecular formula is C13H13FN2O. The summed E-state index contributed by atoms with van der Waals surface area (Å²) in [7, 11) is 0. The summed E-state index contributed by atoms with van der Waals surface area (Å²) in [5.74, 6) is -0.324. The lowest BCUT2D eigenvalue weighted by Crippen LogP contribution is -2.17. The minimum atomic E-state index is -0.808. The molecule has 0 unspecified atom stereocenters. The highest BCUT2D eigenvalue weighted by molar-refractivity contribution is 5.24. The second-order valence-electron chi connectivity index (χ2n) is 4.07. The second kappa shape index (κ2) is 4.49. The average Bonchev–Trinajstić information content (AvgIpc) is 2.29. The normalized spacial score (nSPS) is 10.5. The van der Waals surface area contributed by atoms with E-state index in [0.717, 1.165) is 5.56 Å². The van der Waals surface area contributed by atoms with Gasteiger partial charge in [0.05, 0.1) is 5.69 Å². The van der Waals surface area contributed by atoms with Crippen LogP contribution in [0.4, 0.5) is 4.39 Å². The Labute approximate surface area is 98.3 Å². The topological polar surface area (TPSA) is 45.8 Å². The molecule has 1 aromatic carbocycles. The van der Waals surface area contributed by atoms with Crippen molar-refractivity contribution < 1.29 is 4.39 Å². The van der Waals surface area contributed by atoms with Gasteiger partial charge in [-0.05, 0) is 19.4 Å². The van der Waals surface area contributed by atoms with E-state index in [1.807, 2.05) is 31.2 Å². The van der Waals surface area contributed by atoms with Crippen molar-refractivity contribution in [3.8, 4) is 0 Å². The van der Waals surface area contributed by atoms with Crippen LogP contribution in [0.25, 0.3) is 0 Å². The van der Waals surface area contributed by atoms with Crippen LogP contribution in [0, 0.1) is 19.7 Å². The van der Waals surface area contributed by atoms with Crippen molar-refractivity contribution in [1.29, 1.82) is 0 Å². The number of H-pyrrole nitrogens is 1. The Kier molecular flexibility index (Phi) is 3.04. The van der Waals surface area contributed by atoms with Gasteiger partial charge in [0.15, 0.2) is 0 Å². The van der Waals surface area contributed by atoms with E-state index in [4.69, 9.17) is 0 Å². The number of aromatic amines is 1. The van der Waals surface area contributed by atoms with Crippen LogP contribution in [-0.2, 0) is 6.42 Å². The number of rotatable bonds is 2. The van der Waals surface area contributed by atoms with Gasteiger partial charge in [0.1, 0.15) is 5.82 Å². The number of nitrogens with one attached hydrogen (secondary N) is 1. The molecule has 17 heavy (non-hydrogen) atoms. The largest absolute Gasteiger partial charge is 0.308 e. The molecule has 2 aromatic rings. The first-order chi connectivity index (χ1) is 8.06. The standard InChI is InChI=1S/C13H13FN2O/c1-8-3-5-10(6-4-8)7-11-15-9(2)12(14)13(17)16-11/h3-6H,7H2,1-2H3,(H,15,16,17). The van der Waals surface area contributed by atoms with Crippen molar-refractivity contribution >= 4 is 0 Å². The lowest BCUT2D eigenvalue weighted by molar-refractivity contribution is 0.583. The van der Waals surface area contributed by atoms with E-state index in [9.17, 15) is 9.18 Å². The maximum absolute atomic E-state index is 13.1. The minimum Gasteiger partial charge on any atom is -0.308 e. The summed E-state index contributed by atoms with van der Waals surface area (Å²) >= 11 is 0. The molecule has 4 heteroatoms. The first-order valence-corrected chi connectivity index (χ1v) is 5.37. The van der Waals surface area contributed by atoms with Crippen molar-refractivity contribution in [2.45, 2.75) is 20.3 Å². The van der Waals surface area contributed by atoms with Crippen LogP contribution in [0.15, 0.2) is 29.1 Å². The van der Waals surface area contributed by atoms with E-state index >= 15 is 0 Å². The molecule has 0 bridgehead atoms. The molecule has 0 spiro atoms. The van der Waals surface area contributed by atoms with E-state index in [1.54, 1.807) is 0 Å². The van der Waals surface area contributed by atoms with Crippen LogP contribution in [0.1, 0.15) is 22.6 Å². The number of halogens is 1. The molecule has 1 N–H and O–H groups in total. The van der Waals surface area contributed by atoms with Crippen molar-refractivity contribution in [1.82, 2.24) is 9.97 Å². The Hall–Kier alpha value is -1.97. The lowest BCUT2D eigenvalue weighted by atomic mass is 10.1. The molecule has 0 saturated carbocycles. The molecule has 1 aromatic heterocycles. The van der Waals surface area contributed by atoms with Crippen molar-refractivity contribution in [3.05, 3.63) is 63.1 Å². The van der Waals surface area contributed by atoms with Gasteiger partial charge in [-0.2, -0.15) is 4.39 Å². The first kappa shape index (κ1) is 11.5. The quantitative estimate of drug-likeness (QED) is 0.862. The van der Waals surface area contributed by atoms with E-state index in [2.05, 4.69) is 9.97 Å². The van der Waals surface area contributed by atoms with Gasteiger partial charge in [-0.15, -0.1) is 0 Å². The van der Waals surface area contributed by atoms with Crippen LogP contribution in [0.5, 0.6) is 0 Å². The fourth-order valence-corrected chi connectivity index (χ4v) is 1.61. The highest BCUT2D eigenvalue weighted by atomic mass is 19.1. The lowest BCUT2D eigenvalue weighted by Gasteiger charge is -2.03. The Bertz CT molecular complexity index is 587. The fraction of sp³-hybridized carbons (Fsp3) is 0.231. The molecule has 0 radical (unpaired) electrons. The summed E-state index contributed by atoms with van der Waals surface area (Å²) in [6.07, 6.45) is 0.497. The molecule has 0 aliphatic rings. The molecule has 0 atom stereocenters. The molecule has 0 fully saturated rings. The molecule has 0 saturated heterocycles. The Morgan fingerprint density at radius 3 is 2.47 bits per heavy atom. The van der Waals surface area contributed by atoms with Crippen molar-refractivity contribution in [3.63, 3.8) is 0 Å². The predicted molar refractivity (Wildman–Crippen MR) is 63.5 cm³/mol. The molecule has 0 aliphatic carbocycles. The van der Waals surface area contributed by atoms with Gasteiger partial charge in [0, 0.05) is 6.42 Å². The molecule has 0 aliphatic heterocycles. The number of nitrogens with zero attached hydrogens (tertiary/aromatic N) is 1.